The van der Waals surface area contributed by atoms with Gasteiger partial charge in [-0.15, -0.1) is 0 Å². The Kier molecular flexibility index (Phi) is 6.07. The van der Waals surface area contributed by atoms with Gasteiger partial charge in [0.15, 0.2) is 8.32 Å². The van der Waals surface area contributed by atoms with Crippen LogP contribution in [0.25, 0.3) is 0 Å². The molecule has 1 heterocycles. The first-order valence-electron chi connectivity index (χ1n) is 8.30. The maximum Gasteiger partial charge on any atom is 0.309 e. The predicted octanol–water partition coefficient (Wildman–Crippen LogP) is 4.76. The molecule has 0 aromatic heterocycles. The predicted molar refractivity (Wildman–Crippen MR) is 89.8 cm³/mol. The Morgan fingerprint density at radius 3 is 2.29 bits per heavy atom. The van der Waals surface area contributed by atoms with Gasteiger partial charge in [0.2, 0.25) is 0 Å². The summed E-state index contributed by atoms with van der Waals surface area (Å²) in [4.78, 5) is 11.9. The molecule has 21 heavy (non-hydrogen) atoms. The van der Waals surface area contributed by atoms with Gasteiger partial charge in [0.25, 0.3) is 0 Å². The van der Waals surface area contributed by atoms with Crippen LogP contribution in [0.5, 0.6) is 0 Å². The van der Waals surface area contributed by atoms with E-state index < -0.39 is 8.32 Å². The highest BCUT2D eigenvalue weighted by atomic mass is 28.4. The van der Waals surface area contributed by atoms with Gasteiger partial charge in [0, 0.05) is 12.5 Å². The van der Waals surface area contributed by atoms with Gasteiger partial charge < -0.3 is 9.16 Å². The Hall–Kier alpha value is -0.353. The Labute approximate surface area is 131 Å². The van der Waals surface area contributed by atoms with Crippen LogP contribution in [-0.4, -0.2) is 26.5 Å². The Morgan fingerprint density at radius 1 is 1.24 bits per heavy atom. The van der Waals surface area contributed by atoms with E-state index in [1.165, 1.54) is 0 Å². The molecule has 0 saturated carbocycles. The first-order valence-corrected chi connectivity index (χ1v) is 11.2. The zero-order valence-corrected chi connectivity index (χ0v) is 16.2. The lowest BCUT2D eigenvalue weighted by Gasteiger charge is -2.38. The summed E-state index contributed by atoms with van der Waals surface area (Å²) in [6.07, 6.45) is 2.82. The van der Waals surface area contributed by atoms with Gasteiger partial charge in [0.05, 0.1) is 5.92 Å². The van der Waals surface area contributed by atoms with Crippen LogP contribution in [0.1, 0.15) is 60.8 Å². The lowest BCUT2D eigenvalue weighted by atomic mass is 9.93. The van der Waals surface area contributed by atoms with E-state index in [0.29, 0.717) is 5.92 Å². The van der Waals surface area contributed by atoms with Crippen LogP contribution in [0.2, 0.25) is 18.1 Å². The third kappa shape index (κ3) is 5.40. The topological polar surface area (TPSA) is 35.5 Å². The SMILES string of the molecule is CC(C)C[C@@H]1C[C@H](C[C@@H](C)O[Si](C)(C)C(C)(C)C)OC1=O. The fraction of sp³-hybridized carbons (Fsp3) is 0.941. The second kappa shape index (κ2) is 6.82. The van der Waals surface area contributed by atoms with Crippen molar-refractivity contribution in [2.45, 2.75) is 91.1 Å². The van der Waals surface area contributed by atoms with Crippen LogP contribution < -0.4 is 0 Å². The molecule has 0 unspecified atom stereocenters. The van der Waals surface area contributed by atoms with Crippen molar-refractivity contribution in [2.24, 2.45) is 11.8 Å². The number of rotatable bonds is 6. The summed E-state index contributed by atoms with van der Waals surface area (Å²) in [6, 6.07) is 0. The quantitative estimate of drug-likeness (QED) is 0.523. The lowest BCUT2D eigenvalue weighted by molar-refractivity contribution is -0.145. The van der Waals surface area contributed by atoms with Gasteiger partial charge in [-0.1, -0.05) is 34.6 Å². The van der Waals surface area contributed by atoms with Crippen molar-refractivity contribution in [3.8, 4) is 0 Å². The van der Waals surface area contributed by atoms with Gasteiger partial charge in [-0.2, -0.15) is 0 Å². The molecule has 1 aliphatic rings. The highest BCUT2D eigenvalue weighted by molar-refractivity contribution is 6.74. The molecule has 0 spiro atoms. The standard InChI is InChI=1S/C17H34O3Si/c1-12(2)9-14-11-15(19-16(14)18)10-13(3)20-21(7,8)17(4,5)6/h12-15H,9-11H2,1-8H3/t13-,14-,15+/m1/s1. The van der Waals surface area contributed by atoms with Crippen molar-refractivity contribution in [3.05, 3.63) is 0 Å². The Morgan fingerprint density at radius 2 is 1.81 bits per heavy atom. The van der Waals surface area contributed by atoms with Gasteiger partial charge >= 0.3 is 5.97 Å². The second-order valence-corrected chi connectivity index (χ2v) is 13.3. The number of carbonyl (C=O) groups is 1. The van der Waals surface area contributed by atoms with E-state index in [0.717, 1.165) is 19.3 Å². The molecule has 3 nitrogen and oxygen atoms in total. The molecule has 124 valence electrons. The Bertz CT molecular complexity index is 358. The zero-order valence-electron chi connectivity index (χ0n) is 15.2. The first-order chi connectivity index (χ1) is 9.42. The molecule has 0 aromatic carbocycles. The molecule has 0 aromatic rings. The molecule has 1 fully saturated rings. The minimum atomic E-state index is -1.74. The summed E-state index contributed by atoms with van der Waals surface area (Å²) < 4.78 is 11.9. The van der Waals surface area contributed by atoms with E-state index in [-0.39, 0.29) is 29.1 Å². The molecule has 0 bridgehead atoms. The summed E-state index contributed by atoms with van der Waals surface area (Å²) >= 11 is 0. The van der Waals surface area contributed by atoms with Gasteiger partial charge in [-0.25, -0.2) is 0 Å². The molecule has 4 heteroatoms. The minimum absolute atomic E-state index is 0.00627. The average molecular weight is 315 g/mol. The van der Waals surface area contributed by atoms with Crippen molar-refractivity contribution in [1.82, 2.24) is 0 Å². The fourth-order valence-corrected chi connectivity index (χ4v) is 4.18. The van der Waals surface area contributed by atoms with Gasteiger partial charge in [0.1, 0.15) is 6.10 Å². The fourth-order valence-electron chi connectivity index (χ4n) is 2.73. The van der Waals surface area contributed by atoms with E-state index >= 15 is 0 Å². The van der Waals surface area contributed by atoms with Crippen LogP contribution >= 0.6 is 0 Å². The minimum Gasteiger partial charge on any atom is -0.462 e. The smallest absolute Gasteiger partial charge is 0.309 e. The highest BCUT2D eigenvalue weighted by Crippen LogP contribution is 2.38. The number of ether oxygens (including phenoxy) is 1. The van der Waals surface area contributed by atoms with E-state index in [1.54, 1.807) is 0 Å². The van der Waals surface area contributed by atoms with E-state index in [2.05, 4.69) is 54.6 Å². The van der Waals surface area contributed by atoms with Crippen molar-refractivity contribution in [1.29, 1.82) is 0 Å². The number of esters is 1. The zero-order chi connectivity index (χ0) is 16.4. The third-order valence-electron chi connectivity index (χ3n) is 4.82. The van der Waals surface area contributed by atoms with Crippen molar-refractivity contribution < 1.29 is 14.0 Å². The number of hydrogen-bond acceptors (Lipinski definition) is 3. The highest BCUT2D eigenvalue weighted by Gasteiger charge is 2.40. The van der Waals surface area contributed by atoms with E-state index in [4.69, 9.17) is 9.16 Å². The van der Waals surface area contributed by atoms with Crippen molar-refractivity contribution >= 4 is 14.3 Å². The van der Waals surface area contributed by atoms with Crippen LogP contribution in [0.3, 0.4) is 0 Å². The Balaban J connectivity index is 2.50. The molecule has 1 rings (SSSR count). The molecule has 0 amide bonds. The summed E-state index contributed by atoms with van der Waals surface area (Å²) in [5.41, 5.74) is 0. The summed E-state index contributed by atoms with van der Waals surface area (Å²) in [7, 11) is -1.74. The third-order valence-corrected chi connectivity index (χ3v) is 9.42. The molecular formula is C17H34O3Si. The summed E-state index contributed by atoms with van der Waals surface area (Å²) in [5.74, 6) is 0.630. The van der Waals surface area contributed by atoms with Crippen molar-refractivity contribution in [2.75, 3.05) is 0 Å². The molecule has 0 radical (unpaired) electrons. The molecule has 0 aliphatic carbocycles. The van der Waals surface area contributed by atoms with Crippen LogP contribution in [0.4, 0.5) is 0 Å². The normalized spacial score (nSPS) is 25.3. The first kappa shape index (κ1) is 18.7. The average Bonchev–Trinajstić information content (AvgIpc) is 2.54. The second-order valence-electron chi connectivity index (χ2n) is 8.55. The maximum atomic E-state index is 11.9. The largest absolute Gasteiger partial charge is 0.462 e. The van der Waals surface area contributed by atoms with Crippen molar-refractivity contribution in [3.63, 3.8) is 0 Å². The van der Waals surface area contributed by atoms with Gasteiger partial charge in [-0.05, 0) is 43.8 Å². The van der Waals surface area contributed by atoms with Crippen LogP contribution in [-0.2, 0) is 14.0 Å². The van der Waals surface area contributed by atoms with Gasteiger partial charge in [-0.3, -0.25) is 4.79 Å². The number of cyclic esters (lactones) is 1. The molecule has 3 atom stereocenters. The number of hydrogen-bond donors (Lipinski definition) is 0. The van der Waals surface area contributed by atoms with Crippen LogP contribution in [0.15, 0.2) is 0 Å². The van der Waals surface area contributed by atoms with E-state index in [1.807, 2.05) is 0 Å². The lowest BCUT2D eigenvalue weighted by Crippen LogP contribution is -2.43. The molecule has 1 saturated heterocycles. The monoisotopic (exact) mass is 314 g/mol. The summed E-state index contributed by atoms with van der Waals surface area (Å²) in [6.45, 7) is 17.7. The summed E-state index contributed by atoms with van der Waals surface area (Å²) in [5, 5.41) is 0.216. The van der Waals surface area contributed by atoms with E-state index in [9.17, 15) is 4.79 Å². The van der Waals surface area contributed by atoms with Crippen LogP contribution in [0, 0.1) is 11.8 Å². The number of carbonyl (C=O) groups excluding carboxylic acids is 1. The maximum absolute atomic E-state index is 11.9. The molecular weight excluding hydrogens is 280 g/mol. The molecule has 1 aliphatic heterocycles. The molecule has 0 N–H and O–H groups in total.